The third kappa shape index (κ3) is 1.53. The van der Waals surface area contributed by atoms with Crippen molar-refractivity contribution in [3.63, 3.8) is 0 Å². The van der Waals surface area contributed by atoms with Gasteiger partial charge in [-0.1, -0.05) is 0 Å². The molecule has 0 saturated carbocycles. The number of Topliss-reactive ketones (excluding diaryl/α,β-unsaturated/α-hetero) is 1. The van der Waals surface area contributed by atoms with Crippen LogP contribution in [-0.2, 0) is 4.74 Å². The van der Waals surface area contributed by atoms with E-state index in [4.69, 9.17) is 0 Å². The Morgan fingerprint density at radius 1 is 1.50 bits per heavy atom. The number of carbonyl (C=O) groups excluding carboxylic acids is 2. The van der Waals surface area contributed by atoms with Crippen LogP contribution in [0.1, 0.15) is 27.0 Å². The Bertz CT molecular complexity index is 314. The first-order valence-electron chi connectivity index (χ1n) is 3.33. The molecule has 0 atom stereocenters. The van der Waals surface area contributed by atoms with E-state index in [-0.39, 0.29) is 5.78 Å². The summed E-state index contributed by atoms with van der Waals surface area (Å²) >= 11 is 1.22. The van der Waals surface area contributed by atoms with Gasteiger partial charge >= 0.3 is 5.97 Å². The van der Waals surface area contributed by atoms with E-state index in [0.29, 0.717) is 10.4 Å². The normalized spacial score (nSPS) is 9.50. The lowest BCUT2D eigenvalue weighted by molar-refractivity contribution is 0.0603. The van der Waals surface area contributed by atoms with Gasteiger partial charge in [-0.2, -0.15) is 0 Å². The van der Waals surface area contributed by atoms with Gasteiger partial charge in [0.15, 0.2) is 5.78 Å². The summed E-state index contributed by atoms with van der Waals surface area (Å²) < 4.78 is 4.50. The lowest BCUT2D eigenvalue weighted by Crippen LogP contribution is -2.04. The second kappa shape index (κ2) is 3.49. The summed E-state index contributed by atoms with van der Waals surface area (Å²) in [4.78, 5) is 22.4. The minimum Gasteiger partial charge on any atom is -0.465 e. The molecule has 0 aliphatic carbocycles. The molecule has 0 amide bonds. The van der Waals surface area contributed by atoms with Gasteiger partial charge in [0.1, 0.15) is 4.88 Å². The SMILES string of the molecule is COC(=O)c1sccc1C(C)=O. The fourth-order valence-corrected chi connectivity index (χ4v) is 1.70. The predicted octanol–water partition coefficient (Wildman–Crippen LogP) is 1.74. The van der Waals surface area contributed by atoms with Gasteiger partial charge in [-0.3, -0.25) is 4.79 Å². The Hall–Kier alpha value is -1.16. The Balaban J connectivity index is 3.07. The van der Waals surface area contributed by atoms with Crippen molar-refractivity contribution in [2.75, 3.05) is 7.11 Å². The van der Waals surface area contributed by atoms with Crippen molar-refractivity contribution in [3.8, 4) is 0 Å². The van der Waals surface area contributed by atoms with Crippen molar-refractivity contribution in [2.45, 2.75) is 6.92 Å². The van der Waals surface area contributed by atoms with Crippen molar-refractivity contribution >= 4 is 23.1 Å². The van der Waals surface area contributed by atoms with Crippen molar-refractivity contribution in [1.82, 2.24) is 0 Å². The molecule has 0 bridgehead atoms. The summed E-state index contributed by atoms with van der Waals surface area (Å²) in [5.41, 5.74) is 0.437. The number of hydrogen-bond acceptors (Lipinski definition) is 4. The monoisotopic (exact) mass is 184 g/mol. The third-order valence-corrected chi connectivity index (χ3v) is 2.31. The van der Waals surface area contributed by atoms with Gasteiger partial charge in [0.05, 0.1) is 7.11 Å². The molecule has 12 heavy (non-hydrogen) atoms. The number of carbonyl (C=O) groups is 2. The highest BCUT2D eigenvalue weighted by Gasteiger charge is 2.15. The molecular formula is C8H8O3S. The highest BCUT2D eigenvalue weighted by molar-refractivity contribution is 7.12. The van der Waals surface area contributed by atoms with Crippen LogP contribution in [0.4, 0.5) is 0 Å². The van der Waals surface area contributed by atoms with Crippen LogP contribution in [0.5, 0.6) is 0 Å². The van der Waals surface area contributed by atoms with Gasteiger partial charge in [0.25, 0.3) is 0 Å². The van der Waals surface area contributed by atoms with Gasteiger partial charge in [0, 0.05) is 5.56 Å². The minimum absolute atomic E-state index is 0.114. The Kier molecular flexibility index (Phi) is 2.60. The number of ketones is 1. The number of rotatable bonds is 2. The van der Waals surface area contributed by atoms with Gasteiger partial charge in [-0.05, 0) is 18.4 Å². The summed E-state index contributed by atoms with van der Waals surface area (Å²) in [5.74, 6) is -0.563. The van der Waals surface area contributed by atoms with E-state index in [9.17, 15) is 9.59 Å². The zero-order valence-corrected chi connectivity index (χ0v) is 7.60. The Morgan fingerprint density at radius 2 is 2.17 bits per heavy atom. The van der Waals surface area contributed by atoms with Crippen LogP contribution in [-0.4, -0.2) is 18.9 Å². The Morgan fingerprint density at radius 3 is 2.67 bits per heavy atom. The van der Waals surface area contributed by atoms with E-state index in [0.717, 1.165) is 0 Å². The summed E-state index contributed by atoms with van der Waals surface area (Å²) in [7, 11) is 1.30. The smallest absolute Gasteiger partial charge is 0.348 e. The molecule has 0 spiro atoms. The van der Waals surface area contributed by atoms with Crippen LogP contribution in [0.25, 0.3) is 0 Å². The molecule has 1 heterocycles. The number of hydrogen-bond donors (Lipinski definition) is 0. The molecule has 0 N–H and O–H groups in total. The predicted molar refractivity (Wildman–Crippen MR) is 45.7 cm³/mol. The van der Waals surface area contributed by atoms with Crippen LogP contribution < -0.4 is 0 Å². The van der Waals surface area contributed by atoms with Crippen LogP contribution >= 0.6 is 11.3 Å². The summed E-state index contributed by atoms with van der Waals surface area (Å²) in [5, 5.41) is 1.70. The van der Waals surface area contributed by atoms with E-state index < -0.39 is 5.97 Å². The van der Waals surface area contributed by atoms with E-state index >= 15 is 0 Å². The average Bonchev–Trinajstić information content (AvgIpc) is 2.50. The summed E-state index contributed by atoms with van der Waals surface area (Å²) in [6, 6.07) is 1.62. The molecule has 0 radical (unpaired) electrons. The zero-order valence-electron chi connectivity index (χ0n) is 6.79. The van der Waals surface area contributed by atoms with Crippen LogP contribution in [0.2, 0.25) is 0 Å². The minimum atomic E-state index is -0.449. The molecule has 1 aromatic rings. The fraction of sp³-hybridized carbons (Fsp3) is 0.250. The van der Waals surface area contributed by atoms with Crippen molar-refractivity contribution in [1.29, 1.82) is 0 Å². The van der Waals surface area contributed by atoms with E-state index in [1.54, 1.807) is 11.4 Å². The molecule has 4 heteroatoms. The maximum atomic E-state index is 11.0. The second-order valence-electron chi connectivity index (χ2n) is 2.21. The quantitative estimate of drug-likeness (QED) is 0.519. The van der Waals surface area contributed by atoms with Gasteiger partial charge in [-0.15, -0.1) is 11.3 Å². The van der Waals surface area contributed by atoms with E-state index in [1.807, 2.05) is 0 Å². The Labute approximate surface area is 74.0 Å². The summed E-state index contributed by atoms with van der Waals surface area (Å²) in [6.45, 7) is 1.43. The molecular weight excluding hydrogens is 176 g/mol. The summed E-state index contributed by atoms with van der Waals surface area (Å²) in [6.07, 6.45) is 0. The fourth-order valence-electron chi connectivity index (χ4n) is 0.837. The molecule has 0 aliphatic rings. The third-order valence-electron chi connectivity index (χ3n) is 1.42. The number of esters is 1. The first-order chi connectivity index (χ1) is 5.66. The maximum Gasteiger partial charge on any atom is 0.348 e. The number of ether oxygens (including phenoxy) is 1. The number of thiophene rings is 1. The van der Waals surface area contributed by atoms with Crippen molar-refractivity contribution in [2.24, 2.45) is 0 Å². The molecule has 3 nitrogen and oxygen atoms in total. The van der Waals surface area contributed by atoms with E-state index in [1.165, 1.54) is 25.4 Å². The lowest BCUT2D eigenvalue weighted by atomic mass is 10.2. The van der Waals surface area contributed by atoms with Crippen LogP contribution in [0.3, 0.4) is 0 Å². The van der Waals surface area contributed by atoms with Crippen LogP contribution in [0.15, 0.2) is 11.4 Å². The molecule has 0 aromatic carbocycles. The van der Waals surface area contributed by atoms with Crippen molar-refractivity contribution < 1.29 is 14.3 Å². The zero-order chi connectivity index (χ0) is 9.14. The topological polar surface area (TPSA) is 43.4 Å². The lowest BCUT2D eigenvalue weighted by Gasteiger charge is -1.96. The van der Waals surface area contributed by atoms with Gasteiger partial charge in [-0.25, -0.2) is 4.79 Å². The van der Waals surface area contributed by atoms with Gasteiger partial charge in [0.2, 0.25) is 0 Å². The highest BCUT2D eigenvalue weighted by Crippen LogP contribution is 2.17. The average molecular weight is 184 g/mol. The van der Waals surface area contributed by atoms with Crippen LogP contribution in [0, 0.1) is 0 Å². The molecule has 64 valence electrons. The molecule has 1 aromatic heterocycles. The molecule has 0 unspecified atom stereocenters. The maximum absolute atomic E-state index is 11.0. The van der Waals surface area contributed by atoms with Crippen molar-refractivity contribution in [3.05, 3.63) is 21.9 Å². The first-order valence-corrected chi connectivity index (χ1v) is 4.21. The molecule has 1 rings (SSSR count). The molecule has 0 fully saturated rings. The largest absolute Gasteiger partial charge is 0.465 e. The highest BCUT2D eigenvalue weighted by atomic mass is 32.1. The first kappa shape index (κ1) is 8.93. The number of methoxy groups -OCH3 is 1. The van der Waals surface area contributed by atoms with E-state index in [2.05, 4.69) is 4.74 Å². The standard InChI is InChI=1S/C8H8O3S/c1-5(9)6-3-4-12-7(6)8(10)11-2/h3-4H,1-2H3. The second-order valence-corrected chi connectivity index (χ2v) is 3.13. The van der Waals surface area contributed by atoms with Gasteiger partial charge < -0.3 is 4.74 Å². The molecule has 0 saturated heterocycles. The molecule has 0 aliphatic heterocycles.